The molecule has 2 saturated heterocycles. The molecule has 2 fully saturated rings. The molecule has 82 valence electrons. The maximum atomic E-state index is 12.3. The molecule has 0 saturated carbocycles. The summed E-state index contributed by atoms with van der Waals surface area (Å²) in [5.74, 6) is 0. The molecule has 0 aromatic carbocycles. The van der Waals surface area contributed by atoms with Crippen LogP contribution in [0.15, 0.2) is 11.9 Å². The van der Waals surface area contributed by atoms with Gasteiger partial charge in [0, 0.05) is 12.1 Å². The van der Waals surface area contributed by atoms with Crippen molar-refractivity contribution in [2.75, 3.05) is 13.1 Å². The summed E-state index contributed by atoms with van der Waals surface area (Å²) >= 11 is 0. The molecule has 14 heavy (non-hydrogen) atoms. The lowest BCUT2D eigenvalue weighted by Crippen LogP contribution is -2.37. The molecule has 2 heterocycles. The maximum absolute atomic E-state index is 12.3. The van der Waals surface area contributed by atoms with E-state index >= 15 is 0 Å². The largest absolute Gasteiger partial charge is 0.293 e. The second-order valence-electron chi connectivity index (χ2n) is 4.05. The number of halogens is 1. The Kier molecular flexibility index (Phi) is 4.11. The van der Waals surface area contributed by atoms with E-state index in [0.29, 0.717) is 5.54 Å². The second-order valence-corrected chi connectivity index (χ2v) is 4.05. The van der Waals surface area contributed by atoms with Crippen LogP contribution in [0.5, 0.6) is 0 Å². The molecule has 2 heteroatoms. The van der Waals surface area contributed by atoms with Gasteiger partial charge in [-0.3, -0.25) is 4.90 Å². The zero-order valence-electron chi connectivity index (χ0n) is 9.65. The maximum Gasteiger partial charge on any atom is 0.0872 e. The van der Waals surface area contributed by atoms with Crippen LogP contribution in [0.2, 0.25) is 0 Å². The van der Waals surface area contributed by atoms with Gasteiger partial charge in [-0.05, 0) is 37.8 Å². The molecule has 0 bridgehead atoms. The van der Waals surface area contributed by atoms with E-state index in [0.717, 1.165) is 24.9 Å². The van der Waals surface area contributed by atoms with E-state index < -0.39 is 0 Å². The van der Waals surface area contributed by atoms with Crippen molar-refractivity contribution in [1.29, 1.82) is 0 Å². The smallest absolute Gasteiger partial charge is 0.0872 e. The monoisotopic (exact) mass is 199 g/mol. The van der Waals surface area contributed by atoms with Crippen molar-refractivity contribution in [3.8, 4) is 0 Å². The highest BCUT2D eigenvalue weighted by Crippen LogP contribution is 2.43. The first kappa shape index (κ1) is 11.7. The quantitative estimate of drug-likeness (QED) is 0.624. The summed E-state index contributed by atoms with van der Waals surface area (Å²) in [7, 11) is 0. The highest BCUT2D eigenvalue weighted by molar-refractivity contribution is 5.18. The third-order valence-corrected chi connectivity index (χ3v) is 3.50. The van der Waals surface area contributed by atoms with Crippen molar-refractivity contribution < 1.29 is 4.39 Å². The Morgan fingerprint density at radius 1 is 1.50 bits per heavy atom. The summed E-state index contributed by atoms with van der Waals surface area (Å²) in [5, 5.41) is 0. The molecule has 0 N–H and O–H groups in total. The van der Waals surface area contributed by atoms with Gasteiger partial charge in [0.2, 0.25) is 0 Å². The second kappa shape index (κ2) is 4.92. The molecule has 0 spiro atoms. The van der Waals surface area contributed by atoms with Gasteiger partial charge >= 0.3 is 0 Å². The number of hydrogen-bond donors (Lipinski definition) is 0. The van der Waals surface area contributed by atoms with Crippen LogP contribution in [0.4, 0.5) is 4.39 Å². The minimum absolute atomic E-state index is 0.345. The molecule has 0 aliphatic carbocycles. The van der Waals surface area contributed by atoms with Gasteiger partial charge in [-0.1, -0.05) is 20.8 Å². The first-order valence-corrected chi connectivity index (χ1v) is 5.84. The molecule has 0 amide bonds. The van der Waals surface area contributed by atoms with Crippen molar-refractivity contribution in [2.24, 2.45) is 0 Å². The SMILES string of the molecule is CC.CC[C@@]12CCCN1C/C(=C\F)C2. The minimum atomic E-state index is 0.345. The van der Waals surface area contributed by atoms with E-state index in [2.05, 4.69) is 11.8 Å². The Balaban J connectivity index is 0.000000461. The predicted molar refractivity (Wildman–Crippen MR) is 59.0 cm³/mol. The van der Waals surface area contributed by atoms with Gasteiger partial charge in [0.25, 0.3) is 0 Å². The molecule has 2 aliphatic heterocycles. The van der Waals surface area contributed by atoms with Crippen LogP contribution < -0.4 is 0 Å². The highest BCUT2D eigenvalue weighted by atomic mass is 19.1. The van der Waals surface area contributed by atoms with E-state index in [9.17, 15) is 4.39 Å². The molecule has 1 atom stereocenters. The van der Waals surface area contributed by atoms with E-state index in [1.165, 1.54) is 25.8 Å². The summed E-state index contributed by atoms with van der Waals surface area (Å²) in [4.78, 5) is 2.46. The Hall–Kier alpha value is -0.370. The van der Waals surface area contributed by atoms with Gasteiger partial charge < -0.3 is 0 Å². The van der Waals surface area contributed by atoms with Gasteiger partial charge in [-0.25, -0.2) is 4.39 Å². The lowest BCUT2D eigenvalue weighted by Gasteiger charge is -2.29. The molecule has 1 nitrogen and oxygen atoms in total. The Morgan fingerprint density at radius 2 is 2.21 bits per heavy atom. The fraction of sp³-hybridized carbons (Fsp3) is 0.833. The van der Waals surface area contributed by atoms with Crippen LogP contribution >= 0.6 is 0 Å². The summed E-state index contributed by atoms with van der Waals surface area (Å²) in [6, 6.07) is 0. The predicted octanol–water partition coefficient (Wildman–Crippen LogP) is 3.51. The van der Waals surface area contributed by atoms with Gasteiger partial charge in [-0.15, -0.1) is 0 Å². The van der Waals surface area contributed by atoms with Crippen LogP contribution in [-0.4, -0.2) is 23.5 Å². The first-order chi connectivity index (χ1) is 6.80. The van der Waals surface area contributed by atoms with Crippen molar-refractivity contribution >= 4 is 0 Å². The van der Waals surface area contributed by atoms with E-state index in [1.807, 2.05) is 13.8 Å². The number of fused-ring (bicyclic) bond motifs is 1. The molecule has 2 rings (SSSR count). The van der Waals surface area contributed by atoms with Gasteiger partial charge in [0.05, 0.1) is 6.33 Å². The van der Waals surface area contributed by atoms with Gasteiger partial charge in [0.1, 0.15) is 0 Å². The van der Waals surface area contributed by atoms with E-state index in [1.54, 1.807) is 0 Å². The highest BCUT2D eigenvalue weighted by Gasteiger charge is 2.44. The molecular formula is C12H22FN. The zero-order valence-corrected chi connectivity index (χ0v) is 9.65. The van der Waals surface area contributed by atoms with Gasteiger partial charge in [0.15, 0.2) is 0 Å². The molecule has 0 aromatic rings. The van der Waals surface area contributed by atoms with E-state index in [-0.39, 0.29) is 0 Å². The molecule has 0 unspecified atom stereocenters. The summed E-state index contributed by atoms with van der Waals surface area (Å²) in [6.45, 7) is 8.27. The summed E-state index contributed by atoms with van der Waals surface area (Å²) < 4.78 is 12.3. The van der Waals surface area contributed by atoms with Crippen LogP contribution in [0.1, 0.15) is 46.5 Å². The number of hydrogen-bond acceptors (Lipinski definition) is 1. The standard InChI is InChI=1S/C10H16FN.C2H6/c1-2-10-4-3-5-12(10)8-9(6-10)7-11;1-2/h7H,2-6,8H2,1H3;1-2H3/b9-7-;/t10-;/m0./s1. The number of nitrogens with zero attached hydrogens (tertiary/aromatic N) is 1. The Morgan fingerprint density at radius 3 is 2.71 bits per heavy atom. The fourth-order valence-corrected chi connectivity index (χ4v) is 2.76. The van der Waals surface area contributed by atoms with Crippen LogP contribution in [0.3, 0.4) is 0 Å². The minimum Gasteiger partial charge on any atom is -0.293 e. The molecule has 0 radical (unpaired) electrons. The normalized spacial score (nSPS) is 34.1. The average molecular weight is 199 g/mol. The topological polar surface area (TPSA) is 3.24 Å². The molecular weight excluding hydrogens is 177 g/mol. The molecule has 2 aliphatic rings. The molecule has 0 aromatic heterocycles. The van der Waals surface area contributed by atoms with Crippen LogP contribution in [0.25, 0.3) is 0 Å². The fourth-order valence-electron chi connectivity index (χ4n) is 2.76. The first-order valence-electron chi connectivity index (χ1n) is 5.84. The average Bonchev–Trinajstić information content (AvgIpc) is 2.76. The number of rotatable bonds is 1. The van der Waals surface area contributed by atoms with Crippen molar-refractivity contribution in [3.63, 3.8) is 0 Å². The van der Waals surface area contributed by atoms with Gasteiger partial charge in [-0.2, -0.15) is 0 Å². The van der Waals surface area contributed by atoms with E-state index in [4.69, 9.17) is 0 Å². The van der Waals surface area contributed by atoms with Crippen LogP contribution in [0, 0.1) is 0 Å². The van der Waals surface area contributed by atoms with Crippen molar-refractivity contribution in [2.45, 2.75) is 52.0 Å². The lowest BCUT2D eigenvalue weighted by molar-refractivity contribution is 0.189. The summed E-state index contributed by atoms with van der Waals surface area (Å²) in [5.41, 5.74) is 1.34. The third kappa shape index (κ3) is 1.85. The lowest BCUT2D eigenvalue weighted by atomic mass is 9.90. The third-order valence-electron chi connectivity index (χ3n) is 3.50. The summed E-state index contributed by atoms with van der Waals surface area (Å²) in [6.07, 6.45) is 5.52. The Labute approximate surface area is 87.0 Å². The van der Waals surface area contributed by atoms with Crippen molar-refractivity contribution in [1.82, 2.24) is 4.90 Å². The Bertz CT molecular complexity index is 212. The van der Waals surface area contributed by atoms with Crippen LogP contribution in [-0.2, 0) is 0 Å². The zero-order chi connectivity index (χ0) is 10.6. The van der Waals surface area contributed by atoms with Crippen molar-refractivity contribution in [3.05, 3.63) is 11.9 Å².